The van der Waals surface area contributed by atoms with Crippen molar-refractivity contribution in [2.24, 2.45) is 5.73 Å². The van der Waals surface area contributed by atoms with E-state index < -0.39 is 0 Å². The highest BCUT2D eigenvalue weighted by atomic mass is 16.5. The van der Waals surface area contributed by atoms with Gasteiger partial charge in [-0.05, 0) is 19.9 Å². The number of nitrogens with two attached hydrogens (primary N) is 1. The van der Waals surface area contributed by atoms with Crippen LogP contribution < -0.4 is 5.73 Å². The van der Waals surface area contributed by atoms with Crippen molar-refractivity contribution in [2.75, 3.05) is 19.8 Å². The first-order valence-corrected chi connectivity index (χ1v) is 4.85. The second kappa shape index (κ2) is 3.67. The summed E-state index contributed by atoms with van der Waals surface area (Å²) in [5.41, 5.74) is 5.31. The van der Waals surface area contributed by atoms with Crippen LogP contribution in [-0.4, -0.2) is 29.9 Å². The van der Waals surface area contributed by atoms with Gasteiger partial charge >= 0.3 is 0 Å². The molecule has 2 heterocycles. The molecule has 1 saturated heterocycles. The minimum Gasteiger partial charge on any atom is -0.380 e. The van der Waals surface area contributed by atoms with Gasteiger partial charge in [-0.1, -0.05) is 5.16 Å². The minimum atomic E-state index is -0.0974. The molecule has 0 amide bonds. The van der Waals surface area contributed by atoms with Crippen molar-refractivity contribution in [3.63, 3.8) is 0 Å². The summed E-state index contributed by atoms with van der Waals surface area (Å²) in [5.74, 6) is 1.37. The maximum absolute atomic E-state index is 5.41. The number of aromatic nitrogens is 2. The summed E-state index contributed by atoms with van der Waals surface area (Å²) in [5, 5.41) is 3.87. The first kappa shape index (κ1) is 9.61. The number of ether oxygens (including phenoxy) is 1. The molecule has 0 radical (unpaired) electrons. The monoisotopic (exact) mass is 197 g/mol. The van der Waals surface area contributed by atoms with E-state index in [1.54, 1.807) is 0 Å². The van der Waals surface area contributed by atoms with Crippen LogP contribution >= 0.6 is 0 Å². The van der Waals surface area contributed by atoms with Crippen molar-refractivity contribution >= 4 is 0 Å². The number of hydrogen-bond donors (Lipinski definition) is 1. The molecule has 5 heteroatoms. The molecule has 14 heavy (non-hydrogen) atoms. The van der Waals surface area contributed by atoms with E-state index in [4.69, 9.17) is 15.0 Å². The largest absolute Gasteiger partial charge is 0.380 e. The van der Waals surface area contributed by atoms with Crippen molar-refractivity contribution in [3.8, 4) is 0 Å². The summed E-state index contributed by atoms with van der Waals surface area (Å²) < 4.78 is 10.5. The highest BCUT2D eigenvalue weighted by Crippen LogP contribution is 2.31. The zero-order chi connectivity index (χ0) is 10.0. The van der Waals surface area contributed by atoms with Crippen molar-refractivity contribution in [1.29, 1.82) is 0 Å². The Hall–Kier alpha value is -0.940. The van der Waals surface area contributed by atoms with Crippen LogP contribution in [0, 0.1) is 0 Å². The molecule has 1 aliphatic heterocycles. The molecule has 1 atom stereocenters. The molecule has 0 saturated carbocycles. The quantitative estimate of drug-likeness (QED) is 0.751. The fourth-order valence-corrected chi connectivity index (χ4v) is 1.57. The molecule has 2 rings (SSSR count). The smallest absolute Gasteiger partial charge is 0.235 e. The average molecular weight is 197 g/mol. The molecule has 78 valence electrons. The molecule has 2 N–H and O–H groups in total. The summed E-state index contributed by atoms with van der Waals surface area (Å²) in [6, 6.07) is 0. The van der Waals surface area contributed by atoms with Crippen LogP contribution in [0.1, 0.15) is 25.1 Å². The SMILES string of the molecule is CC1(c2nc(CCN)no2)CCOC1. The molecule has 0 bridgehead atoms. The number of hydrogen-bond acceptors (Lipinski definition) is 5. The third-order valence-electron chi connectivity index (χ3n) is 2.57. The van der Waals surface area contributed by atoms with Crippen molar-refractivity contribution in [3.05, 3.63) is 11.7 Å². The van der Waals surface area contributed by atoms with Gasteiger partial charge in [-0.15, -0.1) is 0 Å². The Morgan fingerprint density at radius 2 is 2.43 bits per heavy atom. The first-order chi connectivity index (χ1) is 6.74. The standard InChI is InChI=1S/C9H15N3O2/c1-9(3-5-13-6-9)8-11-7(2-4-10)12-14-8/h2-6,10H2,1H3. The van der Waals surface area contributed by atoms with Gasteiger partial charge < -0.3 is 15.0 Å². The van der Waals surface area contributed by atoms with Gasteiger partial charge in [0.05, 0.1) is 12.0 Å². The fraction of sp³-hybridized carbons (Fsp3) is 0.778. The first-order valence-electron chi connectivity index (χ1n) is 4.85. The van der Waals surface area contributed by atoms with Gasteiger partial charge in [0, 0.05) is 13.0 Å². The Labute approximate surface area is 82.6 Å². The van der Waals surface area contributed by atoms with Gasteiger partial charge in [-0.2, -0.15) is 4.98 Å². The Bertz CT molecular complexity index is 305. The number of nitrogens with zero attached hydrogens (tertiary/aromatic N) is 2. The summed E-state index contributed by atoms with van der Waals surface area (Å²) >= 11 is 0. The van der Waals surface area contributed by atoms with E-state index >= 15 is 0 Å². The summed E-state index contributed by atoms with van der Waals surface area (Å²) in [4.78, 5) is 4.32. The van der Waals surface area contributed by atoms with Crippen LogP contribution in [0.25, 0.3) is 0 Å². The lowest BCUT2D eigenvalue weighted by molar-refractivity contribution is 0.169. The van der Waals surface area contributed by atoms with Crippen molar-refractivity contribution in [2.45, 2.75) is 25.2 Å². The second-order valence-corrected chi connectivity index (χ2v) is 3.92. The van der Waals surface area contributed by atoms with E-state index in [-0.39, 0.29) is 5.41 Å². The third kappa shape index (κ3) is 1.65. The van der Waals surface area contributed by atoms with Crippen molar-refractivity contribution < 1.29 is 9.26 Å². The molecule has 1 unspecified atom stereocenters. The highest BCUT2D eigenvalue weighted by molar-refractivity contribution is 5.05. The van der Waals surface area contributed by atoms with Crippen LogP contribution in [0.2, 0.25) is 0 Å². The van der Waals surface area contributed by atoms with E-state index in [0.29, 0.717) is 31.3 Å². The lowest BCUT2D eigenvalue weighted by atomic mass is 9.90. The van der Waals surface area contributed by atoms with Gasteiger partial charge in [-0.25, -0.2) is 0 Å². The van der Waals surface area contributed by atoms with E-state index in [1.807, 2.05) is 0 Å². The van der Waals surface area contributed by atoms with Crippen LogP contribution in [-0.2, 0) is 16.6 Å². The Morgan fingerprint density at radius 3 is 3.07 bits per heavy atom. The van der Waals surface area contributed by atoms with E-state index in [1.165, 1.54) is 0 Å². The maximum Gasteiger partial charge on any atom is 0.235 e. The predicted octanol–water partition coefficient (Wildman–Crippen LogP) is 0.249. The Kier molecular flexibility index (Phi) is 2.52. The molecule has 5 nitrogen and oxygen atoms in total. The summed E-state index contributed by atoms with van der Waals surface area (Å²) in [6.07, 6.45) is 1.61. The Balaban J connectivity index is 2.15. The van der Waals surface area contributed by atoms with Crippen LogP contribution in [0.15, 0.2) is 4.52 Å². The summed E-state index contributed by atoms with van der Waals surface area (Å²) in [6.45, 7) is 4.06. The van der Waals surface area contributed by atoms with E-state index in [9.17, 15) is 0 Å². The predicted molar refractivity (Wildman–Crippen MR) is 49.8 cm³/mol. The molecular weight excluding hydrogens is 182 g/mol. The van der Waals surface area contributed by atoms with E-state index in [2.05, 4.69) is 17.1 Å². The summed E-state index contributed by atoms with van der Waals surface area (Å²) in [7, 11) is 0. The van der Waals surface area contributed by atoms with Gasteiger partial charge in [-0.3, -0.25) is 0 Å². The second-order valence-electron chi connectivity index (χ2n) is 3.92. The minimum absolute atomic E-state index is 0.0974. The van der Waals surface area contributed by atoms with Crippen LogP contribution in [0.3, 0.4) is 0 Å². The molecule has 0 aromatic carbocycles. The molecule has 0 spiro atoms. The fourth-order valence-electron chi connectivity index (χ4n) is 1.57. The molecular formula is C9H15N3O2. The molecule has 1 aromatic heterocycles. The molecule has 1 aliphatic rings. The van der Waals surface area contributed by atoms with Gasteiger partial charge in [0.2, 0.25) is 5.89 Å². The number of rotatable bonds is 3. The lowest BCUT2D eigenvalue weighted by Crippen LogP contribution is -2.22. The van der Waals surface area contributed by atoms with Gasteiger partial charge in [0.1, 0.15) is 0 Å². The van der Waals surface area contributed by atoms with Crippen molar-refractivity contribution in [1.82, 2.24) is 10.1 Å². The van der Waals surface area contributed by atoms with Gasteiger partial charge in [0.15, 0.2) is 5.82 Å². The van der Waals surface area contributed by atoms with Gasteiger partial charge in [0.25, 0.3) is 0 Å². The van der Waals surface area contributed by atoms with Crippen LogP contribution in [0.5, 0.6) is 0 Å². The molecule has 0 aliphatic carbocycles. The highest BCUT2D eigenvalue weighted by Gasteiger charge is 2.37. The molecule has 1 aromatic rings. The lowest BCUT2D eigenvalue weighted by Gasteiger charge is -2.14. The zero-order valence-corrected chi connectivity index (χ0v) is 8.32. The van der Waals surface area contributed by atoms with Crippen LogP contribution in [0.4, 0.5) is 0 Å². The Morgan fingerprint density at radius 1 is 1.57 bits per heavy atom. The average Bonchev–Trinajstić information content (AvgIpc) is 2.75. The molecule has 1 fully saturated rings. The topological polar surface area (TPSA) is 74.2 Å². The zero-order valence-electron chi connectivity index (χ0n) is 8.32. The normalized spacial score (nSPS) is 27.0. The maximum atomic E-state index is 5.41. The third-order valence-corrected chi connectivity index (χ3v) is 2.57. The van der Waals surface area contributed by atoms with E-state index in [0.717, 1.165) is 13.0 Å².